The van der Waals surface area contributed by atoms with Gasteiger partial charge in [0.2, 0.25) is 0 Å². The van der Waals surface area contributed by atoms with E-state index in [2.05, 4.69) is 161 Å². The molecule has 0 amide bonds. The molecule has 0 spiro atoms. The van der Waals surface area contributed by atoms with Crippen LogP contribution in [0.2, 0.25) is 19.6 Å². The number of pyridine rings is 2. The first-order chi connectivity index (χ1) is 30.7. The summed E-state index contributed by atoms with van der Waals surface area (Å²) in [6.45, 7) is 11.9. The van der Waals surface area contributed by atoms with Gasteiger partial charge in [0.15, 0.2) is 0 Å². The van der Waals surface area contributed by atoms with Gasteiger partial charge in [0, 0.05) is 37.9 Å². The first-order valence-corrected chi connectivity index (χ1v) is 27.2. The normalized spacial score (nSPS) is 14.7. The van der Waals surface area contributed by atoms with Gasteiger partial charge in [0.25, 0.3) is 0 Å². The van der Waals surface area contributed by atoms with Crippen LogP contribution in [0.4, 0.5) is 0 Å². The van der Waals surface area contributed by atoms with Crippen molar-refractivity contribution in [3.05, 3.63) is 163 Å². The molecule has 8 aromatic rings. The van der Waals surface area contributed by atoms with Crippen molar-refractivity contribution in [1.82, 2.24) is 9.97 Å². The van der Waals surface area contributed by atoms with E-state index in [4.69, 9.17) is 14.4 Å². The van der Waals surface area contributed by atoms with Crippen molar-refractivity contribution < 1.29 is 24.5 Å². The average molecular weight is 1040 g/mol. The average Bonchev–Trinajstić information content (AvgIpc) is 3.99. The molecule has 0 bridgehead atoms. The Morgan fingerprint density at radius 1 is 0.656 bits per heavy atom. The Morgan fingerprint density at radius 2 is 1.34 bits per heavy atom. The summed E-state index contributed by atoms with van der Waals surface area (Å²) in [5.74, 6) is 2.20. The van der Waals surface area contributed by atoms with Crippen LogP contribution in [-0.4, -0.2) is 18.0 Å². The maximum Gasteiger partial charge on any atom is 0.121 e. The van der Waals surface area contributed by atoms with Gasteiger partial charge in [-0.3, -0.25) is 0 Å². The molecule has 3 nitrogen and oxygen atoms in total. The summed E-state index contributed by atoms with van der Waals surface area (Å²) in [5, 5.41) is 3.74. The number of hydrogen-bond donors (Lipinski definition) is 0. The first kappa shape index (κ1) is 45.6. The van der Waals surface area contributed by atoms with E-state index in [-0.39, 0.29) is 20.1 Å². The minimum atomic E-state index is -1.37. The second kappa shape index (κ2) is 20.5. The quantitative estimate of drug-likeness (QED) is 0.101. The van der Waals surface area contributed by atoms with E-state index in [9.17, 15) is 0 Å². The molecule has 2 aliphatic rings. The molecule has 64 heavy (non-hydrogen) atoms. The molecule has 0 saturated heterocycles. The van der Waals surface area contributed by atoms with Gasteiger partial charge >= 0.3 is 0 Å². The monoisotopic (exact) mass is 1040 g/mol. The van der Waals surface area contributed by atoms with Gasteiger partial charge < -0.3 is 14.4 Å². The fourth-order valence-corrected chi connectivity index (χ4v) is 11.7. The Morgan fingerprint density at radius 3 is 2.08 bits per heavy atom. The van der Waals surface area contributed by atoms with E-state index in [0.29, 0.717) is 5.92 Å². The summed E-state index contributed by atoms with van der Waals surface area (Å²) >= 11 is 0. The predicted octanol–water partition coefficient (Wildman–Crippen LogP) is 15.9. The Labute approximate surface area is 396 Å². The van der Waals surface area contributed by atoms with E-state index in [1.807, 2.05) is 18.3 Å². The number of nitrogens with zero attached hydrogens (tertiary/aromatic N) is 2. The van der Waals surface area contributed by atoms with E-state index < -0.39 is 8.07 Å². The first-order valence-electron chi connectivity index (χ1n) is 23.7. The van der Waals surface area contributed by atoms with Crippen molar-refractivity contribution in [3.63, 3.8) is 0 Å². The van der Waals surface area contributed by atoms with Gasteiger partial charge in [0.1, 0.15) is 5.58 Å². The molecule has 0 N–H and O–H groups in total. The van der Waals surface area contributed by atoms with Crippen molar-refractivity contribution in [1.29, 1.82) is 0 Å². The van der Waals surface area contributed by atoms with E-state index in [0.717, 1.165) is 74.7 Å². The van der Waals surface area contributed by atoms with Gasteiger partial charge in [-0.1, -0.05) is 179 Å². The molecule has 3 heterocycles. The molecule has 2 aliphatic carbocycles. The maximum atomic E-state index is 6.51. The summed E-state index contributed by atoms with van der Waals surface area (Å²) in [6.07, 6.45) is 18.6. The van der Waals surface area contributed by atoms with E-state index >= 15 is 0 Å². The third kappa shape index (κ3) is 10.6. The molecule has 2 saturated carbocycles. The molecular weight excluding hydrogens is 973 g/mol. The molecule has 0 unspecified atom stereocenters. The molecule has 5 heteroatoms. The summed E-state index contributed by atoms with van der Waals surface area (Å²) in [4.78, 5) is 9.58. The topological polar surface area (TPSA) is 38.9 Å². The molecule has 1 radical (unpaired) electrons. The SMILES string of the molecule is CC(C)Cc1cc(-c2[c-]ccc(C3CCCC3)c2)ncc1[Si](C)(C)C.[Ir].[c-]1ccc2c(oc3cc(-c4ccc(-c5ccccc5)cc4)ccc32)c1-c1cc(CC2CCCCC2)ccn1. The number of fused-ring (bicyclic) bond motifs is 3. The second-order valence-corrected chi connectivity index (χ2v) is 24.7. The van der Waals surface area contributed by atoms with Crippen LogP contribution in [0, 0.1) is 24.0 Å². The summed E-state index contributed by atoms with van der Waals surface area (Å²) in [5.41, 5.74) is 15.0. The number of benzene rings is 5. The fourth-order valence-electron chi connectivity index (χ4n) is 10.1. The minimum absolute atomic E-state index is 0. The van der Waals surface area contributed by atoms with Gasteiger partial charge in [0.05, 0.1) is 13.7 Å². The molecule has 2 fully saturated rings. The van der Waals surface area contributed by atoms with E-state index in [1.165, 1.54) is 96.4 Å². The largest absolute Gasteiger partial charge is 0.501 e. The second-order valence-electron chi connectivity index (χ2n) is 19.7. The fraction of sp³-hybridized carbons (Fsp3) is 0.322. The smallest absolute Gasteiger partial charge is 0.121 e. The summed E-state index contributed by atoms with van der Waals surface area (Å²) in [7, 11) is -1.37. The van der Waals surface area contributed by atoms with Crippen molar-refractivity contribution in [2.24, 2.45) is 11.8 Å². The molecule has 3 aromatic heterocycles. The van der Waals surface area contributed by atoms with Crippen LogP contribution >= 0.6 is 0 Å². The Balaban J connectivity index is 0.000000188. The van der Waals surface area contributed by atoms with E-state index in [1.54, 1.807) is 0 Å². The van der Waals surface area contributed by atoms with Crippen LogP contribution < -0.4 is 5.19 Å². The Bertz CT molecular complexity index is 2790. The van der Waals surface area contributed by atoms with Crippen LogP contribution in [0.25, 0.3) is 66.7 Å². The van der Waals surface area contributed by atoms with Gasteiger partial charge in [-0.2, -0.15) is 0 Å². The van der Waals surface area contributed by atoms with Crippen molar-refractivity contribution in [2.45, 2.75) is 110 Å². The zero-order valence-electron chi connectivity index (χ0n) is 38.3. The van der Waals surface area contributed by atoms with Crippen LogP contribution in [0.1, 0.15) is 94.2 Å². The Kier molecular flexibility index (Phi) is 14.6. The molecule has 0 atom stereocenters. The van der Waals surface area contributed by atoms with Crippen LogP contribution in [0.5, 0.6) is 0 Å². The summed E-state index contributed by atoms with van der Waals surface area (Å²) < 4.78 is 6.51. The Hall–Kier alpha value is -4.93. The van der Waals surface area contributed by atoms with Crippen molar-refractivity contribution in [2.75, 3.05) is 0 Å². The number of rotatable bonds is 10. The third-order valence-electron chi connectivity index (χ3n) is 13.4. The molecule has 10 rings (SSSR count). The standard InChI is InChI=1S/C36H30NO.C23H32NSi.Ir/c1-3-8-25(9-4-1)22-26-20-21-37-34(23-26)33-13-7-12-32-31-19-18-30(24-35(31)38-36(32)33)29-16-14-28(15-17-29)27-10-5-2-6-11-27;1-17(2)13-21-15-22(24-16-23(21)25(3,4)5)20-12-8-11-19(14-20)18-9-6-7-10-18;/h2,5-7,10-12,14-21,23-25H,1,3-4,8-9,22H2;8,11,14-18H,6-7,9-10,13H2,1-5H3;/q2*-1;. The molecular formula is C59H62IrN2OSi-2. The number of furan rings is 1. The molecule has 329 valence electrons. The third-order valence-corrected chi connectivity index (χ3v) is 15.5. The predicted molar refractivity (Wildman–Crippen MR) is 268 cm³/mol. The van der Waals surface area contributed by atoms with Crippen molar-refractivity contribution >= 4 is 35.2 Å². The zero-order chi connectivity index (χ0) is 43.3. The van der Waals surface area contributed by atoms with Crippen LogP contribution in [0.3, 0.4) is 0 Å². The zero-order valence-corrected chi connectivity index (χ0v) is 41.7. The number of aromatic nitrogens is 2. The van der Waals surface area contributed by atoms with Gasteiger partial charge in [-0.05, 0) is 94.4 Å². The molecule has 0 aliphatic heterocycles. The van der Waals surface area contributed by atoms with Crippen LogP contribution in [0.15, 0.2) is 138 Å². The van der Waals surface area contributed by atoms with Gasteiger partial charge in [-0.25, -0.2) is 0 Å². The van der Waals surface area contributed by atoms with Crippen molar-refractivity contribution in [3.8, 4) is 44.8 Å². The number of hydrogen-bond acceptors (Lipinski definition) is 3. The van der Waals surface area contributed by atoms with Gasteiger partial charge in [-0.15, -0.1) is 53.6 Å². The molecule has 5 aromatic carbocycles. The maximum absolute atomic E-state index is 6.51. The van der Waals surface area contributed by atoms with Crippen LogP contribution in [-0.2, 0) is 32.9 Å². The minimum Gasteiger partial charge on any atom is -0.501 e. The summed E-state index contributed by atoms with van der Waals surface area (Å²) in [6, 6.07) is 50.2.